The Balaban J connectivity index is 1.80. The van der Waals surface area contributed by atoms with E-state index in [1.807, 2.05) is 19.2 Å². The molecule has 4 atom stereocenters. The fourth-order valence-electron chi connectivity index (χ4n) is 4.11. The van der Waals surface area contributed by atoms with Crippen LogP contribution in [0.25, 0.3) is 10.6 Å². The summed E-state index contributed by atoms with van der Waals surface area (Å²) in [7, 11) is 0. The summed E-state index contributed by atoms with van der Waals surface area (Å²) in [6, 6.07) is 3.66. The lowest BCUT2D eigenvalue weighted by Gasteiger charge is -2.49. The summed E-state index contributed by atoms with van der Waals surface area (Å²) in [4.78, 5) is 12.3. The van der Waals surface area contributed by atoms with Crippen molar-refractivity contribution in [3.8, 4) is 16.5 Å². The minimum absolute atomic E-state index is 0.134. The second-order valence-electron chi connectivity index (χ2n) is 9.92. The molecule has 0 bridgehead atoms. The Morgan fingerprint density at radius 1 is 1.37 bits per heavy atom. The number of aliphatic hydroxyl groups is 1. The number of thiazole rings is 1. The molecule has 1 N–H and O–H groups in total. The zero-order chi connectivity index (χ0) is 22.1. The summed E-state index contributed by atoms with van der Waals surface area (Å²) in [6.07, 6.45) is 2.71. The molecule has 3 heterocycles. The number of hydrogen-bond donors (Lipinski definition) is 1. The van der Waals surface area contributed by atoms with Gasteiger partial charge in [-0.05, 0) is 36.8 Å². The number of likely N-dealkylation sites (tertiary alicyclic amines) is 1. The smallest absolute Gasteiger partial charge is 0.237 e. The molecule has 5 nitrogen and oxygen atoms in total. The second kappa shape index (κ2) is 8.89. The number of aromatic nitrogens is 2. The van der Waals surface area contributed by atoms with E-state index in [0.717, 1.165) is 35.9 Å². The van der Waals surface area contributed by atoms with Gasteiger partial charge in [0.15, 0.2) is 0 Å². The number of piperidine rings is 1. The van der Waals surface area contributed by atoms with Crippen molar-refractivity contribution in [3.05, 3.63) is 29.4 Å². The van der Waals surface area contributed by atoms with Gasteiger partial charge in [-0.15, -0.1) is 11.3 Å². The second-order valence-corrected chi connectivity index (χ2v) is 11.0. The third-order valence-electron chi connectivity index (χ3n) is 6.22. The number of nitrogens with zero attached hydrogens (tertiary/aromatic N) is 3. The average Bonchev–Trinajstić information content (AvgIpc) is 3.08. The van der Waals surface area contributed by atoms with Crippen LogP contribution in [-0.2, 0) is 6.54 Å². The molecule has 30 heavy (non-hydrogen) atoms. The van der Waals surface area contributed by atoms with Crippen LogP contribution in [0.4, 0.5) is 4.39 Å². The normalized spacial score (nSPS) is 25.1. The highest BCUT2D eigenvalue weighted by Gasteiger charge is 2.43. The van der Waals surface area contributed by atoms with Gasteiger partial charge in [-0.3, -0.25) is 4.90 Å². The van der Waals surface area contributed by atoms with E-state index in [2.05, 4.69) is 42.6 Å². The van der Waals surface area contributed by atoms with Crippen molar-refractivity contribution in [1.29, 1.82) is 0 Å². The lowest BCUT2D eigenvalue weighted by atomic mass is 9.66. The first-order valence-corrected chi connectivity index (χ1v) is 11.4. The predicted octanol–water partition coefficient (Wildman–Crippen LogP) is 5.15. The van der Waals surface area contributed by atoms with Crippen LogP contribution in [0.3, 0.4) is 0 Å². The summed E-state index contributed by atoms with van der Waals surface area (Å²) in [5, 5.41) is 11.2. The third kappa shape index (κ3) is 5.37. The summed E-state index contributed by atoms with van der Waals surface area (Å²) in [5.41, 5.74) is 0.752. The van der Waals surface area contributed by atoms with Crippen LogP contribution in [0.1, 0.15) is 52.8 Å². The monoisotopic (exact) mass is 435 g/mol. The molecule has 2 aromatic rings. The molecule has 0 aliphatic carbocycles. The number of alkyl halides is 1. The zero-order valence-corrected chi connectivity index (χ0v) is 19.7. The highest BCUT2D eigenvalue weighted by Crippen LogP contribution is 2.43. The van der Waals surface area contributed by atoms with E-state index in [4.69, 9.17) is 4.74 Å². The molecule has 1 aliphatic heterocycles. The molecule has 1 fully saturated rings. The Morgan fingerprint density at radius 2 is 2.10 bits per heavy atom. The standard InChI is InChI=1S/C23H34FN3O2S/c1-15(28)23(6)10-17(22(3,4)5)12-27(14-23)13-18-11-26-21(30-18)19-8-7-9-25-20(19)29-16(2)24/h7-9,11,15-17,28H,10,12-14H2,1-6H3/t15?,16?,17-,23-/m1/s1. The average molecular weight is 436 g/mol. The molecule has 7 heteroatoms. The lowest BCUT2D eigenvalue weighted by Crippen LogP contribution is -2.52. The van der Waals surface area contributed by atoms with Crippen LogP contribution < -0.4 is 4.74 Å². The molecule has 166 valence electrons. The number of pyridine rings is 1. The third-order valence-corrected chi connectivity index (χ3v) is 7.23. The fourth-order valence-corrected chi connectivity index (χ4v) is 5.08. The van der Waals surface area contributed by atoms with Crippen LogP contribution in [0, 0.1) is 16.7 Å². The SMILES string of the molecule is CC(F)Oc1ncccc1-c1ncc(CN2C[C@H](C(C)(C)C)C[C@@](C)(C(C)O)C2)s1. The predicted molar refractivity (Wildman–Crippen MR) is 119 cm³/mol. The van der Waals surface area contributed by atoms with Crippen molar-refractivity contribution in [2.24, 2.45) is 16.7 Å². The molecule has 1 aliphatic rings. The fraction of sp³-hybridized carbons (Fsp3) is 0.652. The van der Waals surface area contributed by atoms with Gasteiger partial charge in [0.2, 0.25) is 12.2 Å². The highest BCUT2D eigenvalue weighted by atomic mass is 32.1. The van der Waals surface area contributed by atoms with Gasteiger partial charge in [-0.2, -0.15) is 0 Å². The van der Waals surface area contributed by atoms with Crippen LogP contribution in [0.15, 0.2) is 24.5 Å². The van der Waals surface area contributed by atoms with E-state index >= 15 is 0 Å². The van der Waals surface area contributed by atoms with Crippen LogP contribution in [-0.4, -0.2) is 45.5 Å². The molecule has 0 aromatic carbocycles. The van der Waals surface area contributed by atoms with E-state index in [1.165, 1.54) is 6.92 Å². The molecule has 0 radical (unpaired) electrons. The molecule has 0 amide bonds. The van der Waals surface area contributed by atoms with E-state index in [-0.39, 0.29) is 22.8 Å². The van der Waals surface area contributed by atoms with E-state index in [0.29, 0.717) is 11.5 Å². The minimum Gasteiger partial charge on any atom is -0.443 e. The summed E-state index contributed by atoms with van der Waals surface area (Å²) in [5.74, 6) is 0.767. The Labute approximate surface area is 183 Å². The van der Waals surface area contributed by atoms with Gasteiger partial charge >= 0.3 is 0 Å². The maximum absolute atomic E-state index is 13.4. The number of hydrogen-bond acceptors (Lipinski definition) is 6. The van der Waals surface area contributed by atoms with Gasteiger partial charge in [-0.1, -0.05) is 27.7 Å². The number of ether oxygens (including phenoxy) is 1. The number of rotatable bonds is 6. The van der Waals surface area contributed by atoms with Crippen molar-refractivity contribution in [2.75, 3.05) is 13.1 Å². The molecular weight excluding hydrogens is 401 g/mol. The first kappa shape index (κ1) is 23.1. The van der Waals surface area contributed by atoms with Crippen LogP contribution in [0.2, 0.25) is 0 Å². The maximum atomic E-state index is 13.4. The number of aliphatic hydroxyl groups excluding tert-OH is 1. The van der Waals surface area contributed by atoms with Crippen molar-refractivity contribution < 1.29 is 14.2 Å². The van der Waals surface area contributed by atoms with Crippen LogP contribution in [0.5, 0.6) is 5.88 Å². The quantitative estimate of drug-likeness (QED) is 0.680. The Bertz CT molecular complexity index is 849. The van der Waals surface area contributed by atoms with Gasteiger partial charge in [0.25, 0.3) is 0 Å². The topological polar surface area (TPSA) is 58.5 Å². The molecule has 2 aromatic heterocycles. The van der Waals surface area contributed by atoms with E-state index in [1.54, 1.807) is 23.6 Å². The highest BCUT2D eigenvalue weighted by molar-refractivity contribution is 7.15. The molecule has 0 spiro atoms. The van der Waals surface area contributed by atoms with Gasteiger partial charge in [0.05, 0.1) is 11.7 Å². The van der Waals surface area contributed by atoms with Crippen molar-refractivity contribution in [3.63, 3.8) is 0 Å². The molecule has 2 unspecified atom stereocenters. The molecule has 1 saturated heterocycles. The van der Waals surface area contributed by atoms with Gasteiger partial charge in [0.1, 0.15) is 5.01 Å². The molecule has 3 rings (SSSR count). The van der Waals surface area contributed by atoms with Gasteiger partial charge in [0, 0.05) is 49.2 Å². The maximum Gasteiger partial charge on any atom is 0.237 e. The van der Waals surface area contributed by atoms with Gasteiger partial charge in [-0.25, -0.2) is 14.4 Å². The summed E-state index contributed by atoms with van der Waals surface area (Å²) in [6.45, 7) is 14.9. The van der Waals surface area contributed by atoms with Gasteiger partial charge < -0.3 is 9.84 Å². The van der Waals surface area contributed by atoms with Crippen LogP contribution >= 0.6 is 11.3 Å². The van der Waals surface area contributed by atoms with Crippen molar-refractivity contribution in [2.45, 2.75) is 67.0 Å². The lowest BCUT2D eigenvalue weighted by molar-refractivity contribution is -0.0557. The zero-order valence-electron chi connectivity index (χ0n) is 18.9. The Kier molecular flexibility index (Phi) is 6.84. The minimum atomic E-state index is -1.43. The van der Waals surface area contributed by atoms with Crippen molar-refractivity contribution in [1.82, 2.24) is 14.9 Å². The first-order chi connectivity index (χ1) is 14.0. The van der Waals surface area contributed by atoms with E-state index in [9.17, 15) is 9.50 Å². The summed E-state index contributed by atoms with van der Waals surface area (Å²) < 4.78 is 18.6. The Hall–Kier alpha value is -1.57. The Morgan fingerprint density at radius 3 is 2.73 bits per heavy atom. The van der Waals surface area contributed by atoms with Crippen molar-refractivity contribution >= 4 is 11.3 Å². The largest absolute Gasteiger partial charge is 0.443 e. The molecular formula is C23H34FN3O2S. The van der Waals surface area contributed by atoms with E-state index < -0.39 is 6.36 Å². The number of halogens is 1. The first-order valence-electron chi connectivity index (χ1n) is 10.6. The summed E-state index contributed by atoms with van der Waals surface area (Å²) >= 11 is 1.58. The molecule has 0 saturated carbocycles.